The van der Waals surface area contributed by atoms with Gasteiger partial charge in [0, 0.05) is 17.7 Å². The predicted octanol–water partition coefficient (Wildman–Crippen LogP) is 3.33. The lowest BCUT2D eigenvalue weighted by Crippen LogP contribution is -2.22. The first-order valence-electron chi connectivity index (χ1n) is 6.80. The summed E-state index contributed by atoms with van der Waals surface area (Å²) < 4.78 is 0. The van der Waals surface area contributed by atoms with Crippen molar-refractivity contribution in [1.82, 2.24) is 0 Å². The Morgan fingerprint density at radius 1 is 1.10 bits per heavy atom. The normalized spacial score (nSPS) is 12.4. The van der Waals surface area contributed by atoms with Gasteiger partial charge >= 0.3 is 5.97 Å². The number of nitrogens with zero attached hydrogens (tertiary/aromatic N) is 1. The van der Waals surface area contributed by atoms with E-state index in [-0.39, 0.29) is 12.3 Å². The second kappa shape index (κ2) is 6.70. The summed E-state index contributed by atoms with van der Waals surface area (Å²) in [5.74, 6) is -0.646. The van der Waals surface area contributed by atoms with Crippen LogP contribution in [0.1, 0.15) is 29.3 Å². The number of fused-ring (bicyclic) bond motifs is 1. The smallest absolute Gasteiger partial charge is 0.303 e. The van der Waals surface area contributed by atoms with Gasteiger partial charge in [0.05, 0.1) is 6.54 Å². The Labute approximate surface area is 123 Å². The molecule has 4 nitrogen and oxygen atoms in total. The van der Waals surface area contributed by atoms with Crippen molar-refractivity contribution >= 4 is 17.6 Å². The highest BCUT2D eigenvalue weighted by atomic mass is 16.4. The van der Waals surface area contributed by atoms with Gasteiger partial charge < -0.3 is 10.0 Å². The molecule has 2 aromatic carbocycles. The minimum absolute atomic E-state index is 0.0989. The number of carboxylic acids is 1. The number of anilines is 1. The topological polar surface area (TPSA) is 57.6 Å². The predicted molar refractivity (Wildman–Crippen MR) is 81.3 cm³/mol. The van der Waals surface area contributed by atoms with E-state index >= 15 is 0 Å². The van der Waals surface area contributed by atoms with E-state index < -0.39 is 5.97 Å². The van der Waals surface area contributed by atoms with E-state index in [1.807, 2.05) is 59.5 Å². The van der Waals surface area contributed by atoms with Crippen LogP contribution in [0.25, 0.3) is 0 Å². The minimum Gasteiger partial charge on any atom is -0.481 e. The Morgan fingerprint density at radius 3 is 2.24 bits per heavy atom. The van der Waals surface area contributed by atoms with E-state index in [0.717, 1.165) is 16.8 Å². The molecule has 1 N–H and O–H groups in total. The van der Waals surface area contributed by atoms with Crippen LogP contribution >= 0.6 is 0 Å². The molecule has 1 aliphatic heterocycles. The highest BCUT2D eigenvalue weighted by Gasteiger charge is 2.27. The number of carboxylic acid groups (broad SMARTS) is 1. The molecular formula is C17H17NO3. The van der Waals surface area contributed by atoms with Gasteiger partial charge in [-0.3, -0.25) is 9.59 Å². The van der Waals surface area contributed by atoms with Gasteiger partial charge in [-0.2, -0.15) is 0 Å². The van der Waals surface area contributed by atoms with Crippen LogP contribution in [-0.2, 0) is 11.3 Å². The van der Waals surface area contributed by atoms with E-state index in [4.69, 9.17) is 5.11 Å². The average Bonchev–Trinajstić information content (AvgIpc) is 2.86. The van der Waals surface area contributed by atoms with Gasteiger partial charge in [0.1, 0.15) is 0 Å². The molecule has 0 bridgehead atoms. The number of benzene rings is 2. The molecule has 0 spiro atoms. The molecule has 4 heteroatoms. The molecule has 0 saturated carbocycles. The molecule has 108 valence electrons. The van der Waals surface area contributed by atoms with Crippen LogP contribution in [0.2, 0.25) is 0 Å². The van der Waals surface area contributed by atoms with Gasteiger partial charge in [-0.15, -0.1) is 0 Å². The fraction of sp³-hybridized carbons (Fsp3) is 0.176. The Bertz CT molecular complexity index is 637. The zero-order valence-electron chi connectivity index (χ0n) is 11.8. The molecule has 0 radical (unpaired) electrons. The highest BCUT2D eigenvalue weighted by Crippen LogP contribution is 2.27. The van der Waals surface area contributed by atoms with Crippen molar-refractivity contribution in [2.75, 3.05) is 4.90 Å². The first-order chi connectivity index (χ1) is 10.1. The summed E-state index contributed by atoms with van der Waals surface area (Å²) in [7, 11) is 0. The molecule has 21 heavy (non-hydrogen) atoms. The molecule has 0 saturated heterocycles. The van der Waals surface area contributed by atoms with Crippen LogP contribution in [0.15, 0.2) is 54.6 Å². The van der Waals surface area contributed by atoms with Gasteiger partial charge in [-0.05, 0) is 23.8 Å². The highest BCUT2D eigenvalue weighted by molar-refractivity contribution is 6.09. The van der Waals surface area contributed by atoms with Gasteiger partial charge in [0.15, 0.2) is 0 Å². The molecule has 0 atom stereocenters. The maximum atomic E-state index is 12.1. The molecule has 0 unspecified atom stereocenters. The van der Waals surface area contributed by atoms with Crippen LogP contribution in [0.3, 0.4) is 0 Å². The van der Waals surface area contributed by atoms with Gasteiger partial charge in [-0.25, -0.2) is 0 Å². The SMILES string of the molecule is CCC(=O)O.O=C1c2ccccc2CN1c1ccccc1. The van der Waals surface area contributed by atoms with Crippen LogP contribution in [0.5, 0.6) is 0 Å². The maximum absolute atomic E-state index is 12.1. The van der Waals surface area contributed by atoms with E-state index in [2.05, 4.69) is 0 Å². The molecule has 0 aromatic heterocycles. The first kappa shape index (κ1) is 14.8. The lowest BCUT2D eigenvalue weighted by Gasteiger charge is -2.15. The number of rotatable bonds is 2. The van der Waals surface area contributed by atoms with E-state index in [1.54, 1.807) is 6.92 Å². The van der Waals surface area contributed by atoms with E-state index in [1.165, 1.54) is 0 Å². The summed E-state index contributed by atoms with van der Waals surface area (Å²) in [6.45, 7) is 2.28. The number of hydrogen-bond donors (Lipinski definition) is 1. The summed E-state index contributed by atoms with van der Waals surface area (Å²) in [5, 5.41) is 7.72. The first-order valence-corrected chi connectivity index (χ1v) is 6.80. The molecule has 0 aliphatic carbocycles. The van der Waals surface area contributed by atoms with E-state index in [0.29, 0.717) is 6.54 Å². The molecular weight excluding hydrogens is 266 g/mol. The summed E-state index contributed by atoms with van der Waals surface area (Å²) in [5.41, 5.74) is 2.89. The summed E-state index contributed by atoms with van der Waals surface area (Å²) >= 11 is 0. The van der Waals surface area contributed by atoms with Gasteiger partial charge in [0.25, 0.3) is 5.91 Å². The van der Waals surface area contributed by atoms with Crippen LogP contribution < -0.4 is 4.90 Å². The van der Waals surface area contributed by atoms with E-state index in [9.17, 15) is 9.59 Å². The zero-order chi connectivity index (χ0) is 15.2. The summed E-state index contributed by atoms with van der Waals surface area (Å²) in [4.78, 5) is 23.3. The Kier molecular flexibility index (Phi) is 4.72. The minimum atomic E-state index is -0.745. The van der Waals surface area contributed by atoms with Crippen LogP contribution in [0.4, 0.5) is 5.69 Å². The molecule has 0 fully saturated rings. The van der Waals surface area contributed by atoms with Crippen molar-refractivity contribution in [2.24, 2.45) is 0 Å². The zero-order valence-corrected chi connectivity index (χ0v) is 11.8. The fourth-order valence-corrected chi connectivity index (χ4v) is 2.07. The quantitative estimate of drug-likeness (QED) is 0.919. The number of hydrogen-bond acceptors (Lipinski definition) is 2. The summed E-state index contributed by atoms with van der Waals surface area (Å²) in [6.07, 6.45) is 0.222. The third-order valence-corrected chi connectivity index (χ3v) is 3.19. The Morgan fingerprint density at radius 2 is 1.67 bits per heavy atom. The third-order valence-electron chi connectivity index (χ3n) is 3.19. The van der Waals surface area contributed by atoms with Crippen molar-refractivity contribution in [1.29, 1.82) is 0 Å². The second-order valence-corrected chi connectivity index (χ2v) is 4.63. The van der Waals surface area contributed by atoms with Crippen molar-refractivity contribution in [2.45, 2.75) is 19.9 Å². The molecule has 2 aromatic rings. The van der Waals surface area contributed by atoms with Crippen molar-refractivity contribution in [3.05, 3.63) is 65.7 Å². The molecule has 1 aliphatic rings. The number of aliphatic carboxylic acids is 1. The summed E-state index contributed by atoms with van der Waals surface area (Å²) in [6, 6.07) is 17.6. The standard InChI is InChI=1S/C14H11NO.C3H6O2/c16-14-13-9-5-4-6-11(13)10-15(14)12-7-2-1-3-8-12;1-2-3(4)5/h1-9H,10H2;2H2,1H3,(H,4,5). The Balaban J connectivity index is 0.000000282. The molecule has 1 heterocycles. The lowest BCUT2D eigenvalue weighted by molar-refractivity contribution is -0.136. The Hall–Kier alpha value is -2.62. The fourth-order valence-electron chi connectivity index (χ4n) is 2.07. The van der Waals surface area contributed by atoms with Crippen molar-refractivity contribution in [3.63, 3.8) is 0 Å². The maximum Gasteiger partial charge on any atom is 0.303 e. The van der Waals surface area contributed by atoms with Crippen molar-refractivity contribution < 1.29 is 14.7 Å². The van der Waals surface area contributed by atoms with Crippen LogP contribution in [0, 0.1) is 0 Å². The molecule has 3 rings (SSSR count). The third kappa shape index (κ3) is 3.48. The average molecular weight is 283 g/mol. The lowest BCUT2D eigenvalue weighted by atomic mass is 10.1. The monoisotopic (exact) mass is 283 g/mol. The number of carbonyl (C=O) groups excluding carboxylic acids is 1. The largest absolute Gasteiger partial charge is 0.481 e. The second-order valence-electron chi connectivity index (χ2n) is 4.63. The van der Waals surface area contributed by atoms with Gasteiger partial charge in [-0.1, -0.05) is 43.3 Å². The van der Waals surface area contributed by atoms with Gasteiger partial charge in [0.2, 0.25) is 0 Å². The van der Waals surface area contributed by atoms with Crippen molar-refractivity contribution in [3.8, 4) is 0 Å². The number of carbonyl (C=O) groups is 2. The van der Waals surface area contributed by atoms with Crippen LogP contribution in [-0.4, -0.2) is 17.0 Å². The molecule has 1 amide bonds. The number of para-hydroxylation sites is 1. The number of amides is 1.